The summed E-state index contributed by atoms with van der Waals surface area (Å²) in [7, 11) is 0. The fourth-order valence-electron chi connectivity index (χ4n) is 11.1. The van der Waals surface area contributed by atoms with Crippen molar-refractivity contribution >= 4 is 65.7 Å². The molecular formula is C69H42N4O2. The third-order valence-electron chi connectivity index (χ3n) is 14.7. The molecule has 0 saturated heterocycles. The molecule has 0 radical (unpaired) electrons. The van der Waals surface area contributed by atoms with Gasteiger partial charge >= 0.3 is 0 Å². The standard InChI is InChI=1S/C69H42N4O2/c1-4-17-43(18-5-1)45-31-33-47(34-32-45)68-70-67(46-21-8-3-9-22-46)71-69(72-68)57-41-51(42-63-64(57)54-26-11-14-29-60(54)75-63)48-23-16-24-50(39-48)52-36-38-62-65(55-27-12-15-30-61(55)74-62)66(52)73-58-28-13-10-25-53(58)56-40-49(35-37-59(56)73)44-19-6-2-7-20-44/h1-42H. The van der Waals surface area contributed by atoms with Crippen LogP contribution in [0.1, 0.15) is 0 Å². The Balaban J connectivity index is 0.941. The van der Waals surface area contributed by atoms with Crippen LogP contribution in [0.25, 0.3) is 150 Å². The number of fused-ring (bicyclic) bond motifs is 9. The van der Waals surface area contributed by atoms with Crippen molar-refractivity contribution in [3.05, 3.63) is 255 Å². The highest BCUT2D eigenvalue weighted by Crippen LogP contribution is 2.46. The Morgan fingerprint density at radius 3 is 1.47 bits per heavy atom. The van der Waals surface area contributed by atoms with Crippen LogP contribution in [0.5, 0.6) is 0 Å². The van der Waals surface area contributed by atoms with Gasteiger partial charge in [-0.05, 0) is 99.6 Å². The molecule has 0 aliphatic heterocycles. The van der Waals surface area contributed by atoms with E-state index in [1.165, 1.54) is 21.9 Å². The summed E-state index contributed by atoms with van der Waals surface area (Å²) in [6, 6.07) is 89.3. The molecule has 4 heterocycles. The molecule has 0 aliphatic rings. The van der Waals surface area contributed by atoms with Crippen molar-refractivity contribution < 1.29 is 8.83 Å². The largest absolute Gasteiger partial charge is 0.456 e. The van der Waals surface area contributed by atoms with Gasteiger partial charge < -0.3 is 13.4 Å². The average molecular weight is 959 g/mol. The van der Waals surface area contributed by atoms with Crippen molar-refractivity contribution in [1.82, 2.24) is 19.5 Å². The van der Waals surface area contributed by atoms with E-state index in [0.717, 1.165) is 111 Å². The van der Waals surface area contributed by atoms with E-state index in [9.17, 15) is 0 Å². The van der Waals surface area contributed by atoms with Gasteiger partial charge in [0.15, 0.2) is 17.5 Å². The van der Waals surface area contributed by atoms with Crippen LogP contribution >= 0.6 is 0 Å². The molecular weight excluding hydrogens is 917 g/mol. The molecule has 11 aromatic carbocycles. The van der Waals surface area contributed by atoms with Crippen molar-refractivity contribution in [2.24, 2.45) is 0 Å². The Hall–Kier alpha value is -10.2. The number of nitrogens with zero attached hydrogens (tertiary/aromatic N) is 4. The van der Waals surface area contributed by atoms with Gasteiger partial charge in [-0.1, -0.05) is 194 Å². The summed E-state index contributed by atoms with van der Waals surface area (Å²) < 4.78 is 15.9. The number of benzene rings is 11. The summed E-state index contributed by atoms with van der Waals surface area (Å²) in [5, 5.41) is 6.43. The van der Waals surface area contributed by atoms with Crippen LogP contribution in [-0.2, 0) is 0 Å². The molecule has 6 nitrogen and oxygen atoms in total. The lowest BCUT2D eigenvalue weighted by Crippen LogP contribution is -2.01. The van der Waals surface area contributed by atoms with Crippen molar-refractivity contribution in [3.8, 4) is 84.4 Å². The van der Waals surface area contributed by atoms with E-state index in [4.69, 9.17) is 23.8 Å². The van der Waals surface area contributed by atoms with Crippen LogP contribution in [0.15, 0.2) is 264 Å². The number of hydrogen-bond acceptors (Lipinski definition) is 5. The molecule has 0 bridgehead atoms. The first-order chi connectivity index (χ1) is 37.2. The van der Waals surface area contributed by atoms with E-state index in [0.29, 0.717) is 17.5 Å². The Labute approximate surface area is 431 Å². The van der Waals surface area contributed by atoms with Crippen molar-refractivity contribution in [1.29, 1.82) is 0 Å². The van der Waals surface area contributed by atoms with Gasteiger partial charge in [-0.25, -0.2) is 15.0 Å². The molecule has 0 atom stereocenters. The summed E-state index contributed by atoms with van der Waals surface area (Å²) >= 11 is 0. The molecule has 0 spiro atoms. The van der Waals surface area contributed by atoms with Crippen molar-refractivity contribution in [3.63, 3.8) is 0 Å². The van der Waals surface area contributed by atoms with E-state index in [1.54, 1.807) is 0 Å². The third kappa shape index (κ3) is 7.14. The smallest absolute Gasteiger partial charge is 0.164 e. The molecule has 350 valence electrons. The highest BCUT2D eigenvalue weighted by Gasteiger charge is 2.24. The summed E-state index contributed by atoms with van der Waals surface area (Å²) in [6.07, 6.45) is 0. The number of aromatic nitrogens is 4. The van der Waals surface area contributed by atoms with Crippen LogP contribution in [0.4, 0.5) is 0 Å². The number of furan rings is 2. The van der Waals surface area contributed by atoms with Crippen LogP contribution in [0.2, 0.25) is 0 Å². The third-order valence-corrected chi connectivity index (χ3v) is 14.7. The highest BCUT2D eigenvalue weighted by molar-refractivity contribution is 6.17. The molecule has 6 heteroatoms. The molecule has 75 heavy (non-hydrogen) atoms. The van der Waals surface area contributed by atoms with Crippen molar-refractivity contribution in [2.45, 2.75) is 0 Å². The van der Waals surface area contributed by atoms with E-state index < -0.39 is 0 Å². The average Bonchev–Trinajstić information content (AvgIpc) is 4.27. The Morgan fingerprint density at radius 2 is 0.747 bits per heavy atom. The van der Waals surface area contributed by atoms with E-state index >= 15 is 0 Å². The van der Waals surface area contributed by atoms with Gasteiger partial charge in [-0.3, -0.25) is 0 Å². The predicted molar refractivity (Wildman–Crippen MR) is 307 cm³/mol. The van der Waals surface area contributed by atoms with Gasteiger partial charge in [0, 0.05) is 49.2 Å². The summed E-state index contributed by atoms with van der Waals surface area (Å²) in [6.45, 7) is 0. The van der Waals surface area contributed by atoms with E-state index in [1.807, 2.05) is 54.6 Å². The Kier molecular flexibility index (Phi) is 9.78. The summed E-state index contributed by atoms with van der Waals surface area (Å²) in [5.41, 5.74) is 17.9. The topological polar surface area (TPSA) is 69.9 Å². The van der Waals surface area contributed by atoms with Gasteiger partial charge in [0.2, 0.25) is 0 Å². The molecule has 0 saturated carbocycles. The second-order valence-electron chi connectivity index (χ2n) is 19.1. The zero-order valence-electron chi connectivity index (χ0n) is 40.4. The quantitative estimate of drug-likeness (QED) is 0.152. The maximum absolute atomic E-state index is 6.76. The first-order valence-electron chi connectivity index (χ1n) is 25.2. The number of para-hydroxylation sites is 3. The minimum atomic E-state index is 0.557. The lowest BCUT2D eigenvalue weighted by molar-refractivity contribution is 0.668. The molecule has 15 rings (SSSR count). The van der Waals surface area contributed by atoms with Crippen LogP contribution < -0.4 is 0 Å². The second-order valence-corrected chi connectivity index (χ2v) is 19.1. The normalized spacial score (nSPS) is 11.7. The van der Waals surface area contributed by atoms with Crippen LogP contribution in [0.3, 0.4) is 0 Å². The molecule has 0 fully saturated rings. The second kappa shape index (κ2) is 17.3. The predicted octanol–water partition coefficient (Wildman–Crippen LogP) is 18.4. The molecule has 15 aromatic rings. The highest BCUT2D eigenvalue weighted by atomic mass is 16.3. The molecule has 4 aromatic heterocycles. The first kappa shape index (κ1) is 42.5. The van der Waals surface area contributed by atoms with E-state index in [-0.39, 0.29) is 0 Å². The fraction of sp³-hybridized carbons (Fsp3) is 0. The maximum atomic E-state index is 6.76. The van der Waals surface area contributed by atoms with Gasteiger partial charge in [0.1, 0.15) is 22.3 Å². The lowest BCUT2D eigenvalue weighted by Gasteiger charge is -2.17. The minimum Gasteiger partial charge on any atom is -0.456 e. The summed E-state index contributed by atoms with van der Waals surface area (Å²) in [4.78, 5) is 15.7. The van der Waals surface area contributed by atoms with Crippen LogP contribution in [-0.4, -0.2) is 19.5 Å². The van der Waals surface area contributed by atoms with Gasteiger partial charge in [-0.15, -0.1) is 0 Å². The van der Waals surface area contributed by atoms with Gasteiger partial charge in [-0.2, -0.15) is 0 Å². The van der Waals surface area contributed by atoms with Gasteiger partial charge in [0.05, 0.1) is 22.1 Å². The molecule has 0 unspecified atom stereocenters. The van der Waals surface area contributed by atoms with Crippen LogP contribution in [0, 0.1) is 0 Å². The zero-order valence-corrected chi connectivity index (χ0v) is 40.4. The summed E-state index contributed by atoms with van der Waals surface area (Å²) in [5.74, 6) is 1.73. The monoisotopic (exact) mass is 958 g/mol. The maximum Gasteiger partial charge on any atom is 0.164 e. The zero-order chi connectivity index (χ0) is 49.4. The Morgan fingerprint density at radius 1 is 0.253 bits per heavy atom. The Bertz CT molecular complexity index is 4690. The molecule has 0 N–H and O–H groups in total. The van der Waals surface area contributed by atoms with Crippen molar-refractivity contribution in [2.75, 3.05) is 0 Å². The van der Waals surface area contributed by atoms with E-state index in [2.05, 4.69) is 205 Å². The first-order valence-corrected chi connectivity index (χ1v) is 25.2. The number of rotatable bonds is 8. The fourth-order valence-corrected chi connectivity index (χ4v) is 11.1. The lowest BCUT2D eigenvalue weighted by atomic mass is 9.94. The van der Waals surface area contributed by atoms with Gasteiger partial charge in [0.25, 0.3) is 0 Å². The molecule has 0 aliphatic carbocycles. The minimum absolute atomic E-state index is 0.557. The molecule has 0 amide bonds. The SMILES string of the molecule is c1ccc(-c2ccc(-c3nc(-c4ccccc4)nc(-c4cc(-c5cccc(-c6ccc7oc8ccccc8c7c6-n6c7ccccc7c7cc(-c8ccccc8)ccc76)c5)cc5oc6ccccc6c45)n3)cc2)cc1. The number of hydrogen-bond donors (Lipinski definition) is 0.